The molecule has 0 saturated carbocycles. The number of rotatable bonds is 3. The van der Waals surface area contributed by atoms with Crippen molar-refractivity contribution < 1.29 is 30.5 Å². The van der Waals surface area contributed by atoms with Gasteiger partial charge >= 0.3 is 23.1 Å². The predicted molar refractivity (Wildman–Crippen MR) is 66.7 cm³/mol. The Balaban J connectivity index is 0.00000162. The summed E-state index contributed by atoms with van der Waals surface area (Å²) in [4.78, 5) is 0. The Hall–Kier alpha value is -0.364. The summed E-state index contributed by atoms with van der Waals surface area (Å²) in [6.45, 7) is 0.0181. The van der Waals surface area contributed by atoms with Crippen LogP contribution in [0.25, 0.3) is 0 Å². The summed E-state index contributed by atoms with van der Waals surface area (Å²) in [6.07, 6.45) is 0. The monoisotopic (exact) mass is 356 g/mol. The van der Waals surface area contributed by atoms with E-state index < -0.39 is 11.6 Å². The molecule has 0 aliphatic heterocycles. The normalized spacial score (nSPS) is 9.21. The summed E-state index contributed by atoms with van der Waals surface area (Å²) in [5, 5.41) is 0.547. The Kier molecular flexibility index (Phi) is 8.57. The van der Waals surface area contributed by atoms with E-state index in [4.69, 9.17) is 16.3 Å². The first-order valence-electron chi connectivity index (χ1n) is 4.89. The van der Waals surface area contributed by atoms with Gasteiger partial charge in [0.05, 0.1) is 0 Å². The Morgan fingerprint density at radius 2 is 1.89 bits per heavy atom. The SMILES string of the molecule is Fc1ccc(COc2[c-]cc(Cl)cc2)c(F)c1.[Br-].[Mg+2]. The van der Waals surface area contributed by atoms with Crippen molar-refractivity contribution in [3.63, 3.8) is 0 Å². The summed E-state index contributed by atoms with van der Waals surface area (Å²) in [7, 11) is 0. The predicted octanol–water partition coefficient (Wildman–Crippen LogP) is 0.621. The van der Waals surface area contributed by atoms with Crippen molar-refractivity contribution in [1.82, 2.24) is 0 Å². The van der Waals surface area contributed by atoms with Crippen molar-refractivity contribution in [1.29, 1.82) is 0 Å². The summed E-state index contributed by atoms with van der Waals surface area (Å²) in [5.74, 6) is -0.776. The molecule has 0 unspecified atom stereocenters. The summed E-state index contributed by atoms with van der Waals surface area (Å²) < 4.78 is 31.2. The van der Waals surface area contributed by atoms with Crippen LogP contribution in [0.3, 0.4) is 0 Å². The van der Waals surface area contributed by atoms with E-state index in [1.54, 1.807) is 18.2 Å². The molecule has 1 nitrogen and oxygen atoms in total. The molecule has 0 amide bonds. The molecular formula is C13H8BrClF2MgO. The Morgan fingerprint density at radius 3 is 2.47 bits per heavy atom. The van der Waals surface area contributed by atoms with Crippen molar-refractivity contribution >= 4 is 34.7 Å². The molecule has 0 bridgehead atoms. The first-order valence-corrected chi connectivity index (χ1v) is 5.27. The van der Waals surface area contributed by atoms with Gasteiger partial charge in [0.25, 0.3) is 0 Å². The third kappa shape index (κ3) is 5.65. The molecule has 96 valence electrons. The second kappa shape index (κ2) is 8.74. The molecule has 0 aliphatic rings. The molecule has 0 aromatic heterocycles. The topological polar surface area (TPSA) is 9.23 Å². The molecule has 0 atom stereocenters. The first kappa shape index (κ1) is 18.6. The number of ether oxygens (including phenoxy) is 1. The van der Waals surface area contributed by atoms with Crippen LogP contribution < -0.4 is 21.7 Å². The zero-order valence-corrected chi connectivity index (χ0v) is 13.6. The van der Waals surface area contributed by atoms with Crippen LogP contribution >= 0.6 is 11.6 Å². The van der Waals surface area contributed by atoms with Crippen molar-refractivity contribution in [3.8, 4) is 5.75 Å². The van der Waals surface area contributed by atoms with E-state index in [2.05, 4.69) is 6.07 Å². The largest absolute Gasteiger partial charge is 2.00 e. The molecule has 2 aromatic carbocycles. The molecule has 19 heavy (non-hydrogen) atoms. The van der Waals surface area contributed by atoms with Gasteiger partial charge in [0, 0.05) is 17.4 Å². The third-order valence-electron chi connectivity index (χ3n) is 2.14. The molecule has 0 heterocycles. The number of hydrogen-bond acceptors (Lipinski definition) is 1. The average molecular weight is 358 g/mol. The van der Waals surface area contributed by atoms with Gasteiger partial charge in [-0.1, -0.05) is 5.02 Å². The maximum absolute atomic E-state index is 13.3. The second-order valence-electron chi connectivity index (χ2n) is 3.40. The maximum atomic E-state index is 13.3. The standard InChI is InChI=1S/C13H8ClF2O.BrH.Mg/c14-10-2-5-12(6-3-10)17-8-9-1-4-11(15)7-13(9)16;;/h1-5,7H,8H2;1H;/q-1;;+2/p-1. The minimum atomic E-state index is -0.626. The summed E-state index contributed by atoms with van der Waals surface area (Å²) in [6, 6.07) is 11.0. The average Bonchev–Trinajstić information content (AvgIpc) is 2.30. The fraction of sp³-hybridized carbons (Fsp3) is 0.0769. The van der Waals surface area contributed by atoms with E-state index in [0.29, 0.717) is 10.8 Å². The minimum absolute atomic E-state index is 0. The van der Waals surface area contributed by atoms with Gasteiger partial charge in [-0.2, -0.15) is 23.7 Å². The maximum Gasteiger partial charge on any atom is 2.00 e. The van der Waals surface area contributed by atoms with Crippen LogP contribution in [0.15, 0.2) is 36.4 Å². The van der Waals surface area contributed by atoms with Crippen molar-refractivity contribution in [3.05, 3.63) is 64.7 Å². The molecule has 0 N–H and O–H groups in total. The van der Waals surface area contributed by atoms with Gasteiger partial charge in [0.15, 0.2) is 0 Å². The molecular weight excluding hydrogens is 350 g/mol. The van der Waals surface area contributed by atoms with Crippen LogP contribution in [0, 0.1) is 17.7 Å². The van der Waals surface area contributed by atoms with Crippen LogP contribution in [0.2, 0.25) is 5.02 Å². The van der Waals surface area contributed by atoms with Crippen molar-refractivity contribution in [2.24, 2.45) is 0 Å². The van der Waals surface area contributed by atoms with Crippen molar-refractivity contribution in [2.75, 3.05) is 0 Å². The molecule has 6 heteroatoms. The van der Waals surface area contributed by atoms with E-state index in [0.717, 1.165) is 6.07 Å². The first-order chi connectivity index (χ1) is 8.15. The molecule has 0 saturated heterocycles. The van der Waals surface area contributed by atoms with Crippen LogP contribution in [0.5, 0.6) is 5.75 Å². The quantitative estimate of drug-likeness (QED) is 0.578. The van der Waals surface area contributed by atoms with E-state index in [9.17, 15) is 8.78 Å². The fourth-order valence-electron chi connectivity index (χ4n) is 1.28. The Bertz CT molecular complexity index is 523. The number of benzene rings is 2. The van der Waals surface area contributed by atoms with Gasteiger partial charge in [-0.25, -0.2) is 8.78 Å². The molecule has 0 spiro atoms. The van der Waals surface area contributed by atoms with Gasteiger partial charge < -0.3 is 21.7 Å². The van der Waals surface area contributed by atoms with Gasteiger partial charge in [-0.15, -0.1) is 12.1 Å². The minimum Gasteiger partial charge on any atom is -1.00 e. The van der Waals surface area contributed by atoms with Crippen LogP contribution in [-0.4, -0.2) is 23.1 Å². The van der Waals surface area contributed by atoms with Crippen molar-refractivity contribution in [2.45, 2.75) is 6.61 Å². The van der Waals surface area contributed by atoms with E-state index in [1.807, 2.05) is 0 Å². The van der Waals surface area contributed by atoms with Crippen LogP contribution in [0.4, 0.5) is 8.78 Å². The smallest absolute Gasteiger partial charge is 1.00 e. The molecule has 0 aliphatic carbocycles. The van der Waals surface area contributed by atoms with E-state index in [-0.39, 0.29) is 52.2 Å². The second-order valence-corrected chi connectivity index (χ2v) is 3.83. The molecule has 0 radical (unpaired) electrons. The zero-order chi connectivity index (χ0) is 12.3. The number of hydrogen-bond donors (Lipinski definition) is 0. The molecule has 2 rings (SSSR count). The van der Waals surface area contributed by atoms with Gasteiger partial charge in [-0.3, -0.25) is 0 Å². The Morgan fingerprint density at radius 1 is 1.16 bits per heavy atom. The molecule has 0 fully saturated rings. The van der Waals surface area contributed by atoms with Gasteiger partial charge in [-0.05, 0) is 12.1 Å². The molecule has 2 aromatic rings. The fourth-order valence-corrected chi connectivity index (χ4v) is 1.39. The van der Waals surface area contributed by atoms with E-state index >= 15 is 0 Å². The van der Waals surface area contributed by atoms with Gasteiger partial charge in [0.2, 0.25) is 0 Å². The van der Waals surface area contributed by atoms with Crippen LogP contribution in [0.1, 0.15) is 5.56 Å². The van der Waals surface area contributed by atoms with Gasteiger partial charge in [0.1, 0.15) is 18.2 Å². The summed E-state index contributed by atoms with van der Waals surface area (Å²) >= 11 is 5.68. The van der Waals surface area contributed by atoms with Crippen LogP contribution in [-0.2, 0) is 6.61 Å². The third-order valence-corrected chi connectivity index (χ3v) is 2.38. The number of halogens is 4. The zero-order valence-electron chi connectivity index (χ0n) is 9.80. The Labute approximate surface area is 141 Å². The van der Waals surface area contributed by atoms with E-state index in [1.165, 1.54) is 12.1 Å². The summed E-state index contributed by atoms with van der Waals surface area (Å²) in [5.41, 5.74) is 0.287.